The van der Waals surface area contributed by atoms with Gasteiger partial charge in [0.05, 0.1) is 11.0 Å². The number of nitrogens with zero attached hydrogens (tertiary/aromatic N) is 5. The molecule has 0 aliphatic carbocycles. The Morgan fingerprint density at radius 1 is 0.886 bits per heavy atom. The summed E-state index contributed by atoms with van der Waals surface area (Å²) in [6.07, 6.45) is 0.125. The van der Waals surface area contributed by atoms with Gasteiger partial charge in [0.15, 0.2) is 6.80 Å². The molecule has 5 aromatic rings. The first-order chi connectivity index (χ1) is 16.9. The Morgan fingerprint density at radius 2 is 1.63 bits per heavy atom. The number of alkyl halides is 4. The van der Waals surface area contributed by atoms with Gasteiger partial charge in [-0.15, -0.1) is 0 Å². The average Bonchev–Trinajstić information content (AvgIpc) is 3.43. The second kappa shape index (κ2) is 9.21. The van der Waals surface area contributed by atoms with E-state index in [1.54, 1.807) is 60.9 Å². The predicted molar refractivity (Wildman–Crippen MR) is 122 cm³/mol. The first-order valence-electron chi connectivity index (χ1n) is 10.7. The van der Waals surface area contributed by atoms with Crippen molar-refractivity contribution in [2.75, 3.05) is 0 Å². The molecular formula is C25H19F4N5O. The lowest BCUT2D eigenvalue weighted by molar-refractivity contribution is -0.142. The summed E-state index contributed by atoms with van der Waals surface area (Å²) in [5.41, 5.74) is 3.65. The number of benzene rings is 2. The van der Waals surface area contributed by atoms with E-state index in [1.165, 1.54) is 10.8 Å². The molecule has 0 spiro atoms. The summed E-state index contributed by atoms with van der Waals surface area (Å²) in [7, 11) is 0. The first-order valence-corrected chi connectivity index (χ1v) is 10.7. The van der Waals surface area contributed by atoms with E-state index < -0.39 is 19.5 Å². The molecule has 5 rings (SSSR count). The van der Waals surface area contributed by atoms with Crippen LogP contribution < -0.4 is 4.74 Å². The van der Waals surface area contributed by atoms with Gasteiger partial charge in [-0.2, -0.15) is 18.3 Å². The van der Waals surface area contributed by atoms with Crippen LogP contribution in [0.1, 0.15) is 5.82 Å². The van der Waals surface area contributed by atoms with E-state index in [1.807, 2.05) is 12.1 Å². The highest BCUT2D eigenvalue weighted by Gasteiger charge is 2.29. The van der Waals surface area contributed by atoms with Crippen molar-refractivity contribution in [1.29, 1.82) is 0 Å². The van der Waals surface area contributed by atoms with E-state index in [2.05, 4.69) is 15.1 Å². The predicted octanol–water partition coefficient (Wildman–Crippen LogP) is 6.03. The Kier molecular flexibility index (Phi) is 5.94. The maximum Gasteiger partial charge on any atom is 0.408 e. The maximum absolute atomic E-state index is 13.6. The monoisotopic (exact) mass is 481 g/mol. The molecule has 3 heterocycles. The number of hydrogen-bond acceptors (Lipinski definition) is 4. The number of imidazole rings is 1. The fraction of sp³-hybridized carbons (Fsp3) is 0.160. The zero-order valence-electron chi connectivity index (χ0n) is 18.3. The Balaban J connectivity index is 1.40. The van der Waals surface area contributed by atoms with Crippen LogP contribution in [0.3, 0.4) is 0 Å². The normalized spacial score (nSPS) is 11.8. The van der Waals surface area contributed by atoms with Gasteiger partial charge in [-0.05, 0) is 54.1 Å². The lowest BCUT2D eigenvalue weighted by Crippen LogP contribution is -2.17. The quantitative estimate of drug-likeness (QED) is 0.266. The Morgan fingerprint density at radius 3 is 2.34 bits per heavy atom. The first kappa shape index (κ1) is 22.6. The lowest BCUT2D eigenvalue weighted by atomic mass is 10.0. The molecule has 35 heavy (non-hydrogen) atoms. The van der Waals surface area contributed by atoms with E-state index in [0.29, 0.717) is 45.0 Å². The number of halogens is 4. The number of rotatable bonds is 7. The van der Waals surface area contributed by atoms with Gasteiger partial charge in [-0.1, -0.05) is 12.1 Å². The molecular weight excluding hydrogens is 462 g/mol. The Bertz CT molecular complexity index is 1440. The number of fused-ring (bicyclic) bond motifs is 1. The summed E-state index contributed by atoms with van der Waals surface area (Å²) in [6.45, 7) is -1.86. The Labute approximate surface area is 197 Å². The van der Waals surface area contributed by atoms with Gasteiger partial charge in [0.1, 0.15) is 30.4 Å². The molecule has 0 fully saturated rings. The van der Waals surface area contributed by atoms with Gasteiger partial charge in [0.2, 0.25) is 0 Å². The largest absolute Gasteiger partial charge is 0.486 e. The summed E-state index contributed by atoms with van der Waals surface area (Å²) < 4.78 is 60.6. The van der Waals surface area contributed by atoms with Crippen molar-refractivity contribution in [3.63, 3.8) is 0 Å². The minimum absolute atomic E-state index is 0.0560. The third-order valence-electron chi connectivity index (χ3n) is 5.44. The topological polar surface area (TPSA) is 57.8 Å². The Hall–Kier alpha value is -4.21. The minimum Gasteiger partial charge on any atom is -0.486 e. The van der Waals surface area contributed by atoms with Crippen LogP contribution in [0.15, 0.2) is 79.3 Å². The van der Waals surface area contributed by atoms with Crippen LogP contribution in [0.2, 0.25) is 0 Å². The molecule has 178 valence electrons. The number of ether oxygens (including phenoxy) is 1. The summed E-state index contributed by atoms with van der Waals surface area (Å²) in [6, 6.07) is 17.5. The molecule has 0 amide bonds. The fourth-order valence-corrected chi connectivity index (χ4v) is 3.87. The molecule has 0 N–H and O–H groups in total. The van der Waals surface area contributed by atoms with Gasteiger partial charge < -0.3 is 4.74 Å². The van der Waals surface area contributed by atoms with E-state index in [9.17, 15) is 17.6 Å². The molecule has 0 aliphatic heterocycles. The zero-order valence-corrected chi connectivity index (χ0v) is 18.3. The van der Waals surface area contributed by atoms with Crippen LogP contribution in [0.25, 0.3) is 33.4 Å². The van der Waals surface area contributed by atoms with Crippen LogP contribution in [0.5, 0.6) is 5.75 Å². The van der Waals surface area contributed by atoms with Gasteiger partial charge in [-0.25, -0.2) is 9.37 Å². The second-order valence-corrected chi connectivity index (χ2v) is 7.82. The number of pyridine rings is 1. The third kappa shape index (κ3) is 4.86. The van der Waals surface area contributed by atoms with Crippen molar-refractivity contribution in [2.45, 2.75) is 26.1 Å². The molecule has 3 aromatic heterocycles. The fourth-order valence-electron chi connectivity index (χ4n) is 3.87. The molecule has 6 nitrogen and oxygen atoms in total. The number of aromatic nitrogens is 5. The van der Waals surface area contributed by atoms with Gasteiger partial charge in [0.25, 0.3) is 0 Å². The molecule has 0 unspecified atom stereocenters. The molecule has 0 atom stereocenters. The average molecular weight is 481 g/mol. The second-order valence-electron chi connectivity index (χ2n) is 7.82. The van der Waals surface area contributed by atoms with Crippen molar-refractivity contribution in [1.82, 2.24) is 24.3 Å². The van der Waals surface area contributed by atoms with E-state index >= 15 is 0 Å². The standard InChI is InChI=1S/C25H19F4N5O/c26-16-34-22-4-2-1-3-21(22)31-23(34)14-35-19-7-5-18(6-8-19)24-20(17-9-11-30-12-10-17)13-33(32-24)15-25(27,28)29/h1-13H,14-16H2. The van der Waals surface area contributed by atoms with Gasteiger partial charge in [0, 0.05) is 29.7 Å². The SMILES string of the molecule is FCn1c(COc2ccc(-c3nn(CC(F)(F)F)cc3-c3ccncc3)cc2)nc2ccccc21. The van der Waals surface area contributed by atoms with E-state index in [4.69, 9.17) is 4.74 Å². The summed E-state index contributed by atoms with van der Waals surface area (Å²) in [5, 5.41) is 4.19. The summed E-state index contributed by atoms with van der Waals surface area (Å²) >= 11 is 0. The van der Waals surface area contributed by atoms with Gasteiger partial charge >= 0.3 is 6.18 Å². The maximum atomic E-state index is 13.6. The van der Waals surface area contributed by atoms with Crippen molar-refractivity contribution in [3.05, 3.63) is 85.1 Å². The van der Waals surface area contributed by atoms with Crippen LogP contribution >= 0.6 is 0 Å². The molecule has 0 saturated heterocycles. The van der Waals surface area contributed by atoms with Gasteiger partial charge in [-0.3, -0.25) is 14.2 Å². The number of hydrogen-bond donors (Lipinski definition) is 0. The van der Waals surface area contributed by atoms with Crippen LogP contribution in [-0.2, 0) is 20.0 Å². The highest BCUT2D eigenvalue weighted by molar-refractivity contribution is 5.80. The number of para-hydroxylation sites is 2. The molecule has 0 saturated carbocycles. The van der Waals surface area contributed by atoms with E-state index in [0.717, 1.165) is 4.68 Å². The minimum atomic E-state index is -4.40. The molecule has 0 aliphatic rings. The van der Waals surface area contributed by atoms with Crippen molar-refractivity contribution < 1.29 is 22.3 Å². The van der Waals surface area contributed by atoms with Crippen molar-refractivity contribution in [3.8, 4) is 28.1 Å². The highest BCUT2D eigenvalue weighted by Crippen LogP contribution is 2.33. The van der Waals surface area contributed by atoms with Crippen molar-refractivity contribution >= 4 is 11.0 Å². The smallest absolute Gasteiger partial charge is 0.408 e. The third-order valence-corrected chi connectivity index (χ3v) is 5.44. The molecule has 0 bridgehead atoms. The molecule has 2 aromatic carbocycles. The highest BCUT2D eigenvalue weighted by atomic mass is 19.4. The molecule has 0 radical (unpaired) electrons. The van der Waals surface area contributed by atoms with Crippen molar-refractivity contribution in [2.24, 2.45) is 0 Å². The van der Waals surface area contributed by atoms with Crippen LogP contribution in [0, 0.1) is 0 Å². The lowest BCUT2D eigenvalue weighted by Gasteiger charge is -2.08. The summed E-state index contributed by atoms with van der Waals surface area (Å²) in [5.74, 6) is 0.954. The van der Waals surface area contributed by atoms with E-state index in [-0.39, 0.29) is 6.61 Å². The molecule has 10 heteroatoms. The van der Waals surface area contributed by atoms with Crippen LogP contribution in [0.4, 0.5) is 17.6 Å². The zero-order chi connectivity index (χ0) is 24.4. The van der Waals surface area contributed by atoms with Crippen LogP contribution in [-0.4, -0.2) is 30.5 Å². The summed E-state index contributed by atoms with van der Waals surface area (Å²) in [4.78, 5) is 8.40.